The molecule has 1 fully saturated rings. The first-order valence-corrected chi connectivity index (χ1v) is 9.75. The maximum Gasteiger partial charge on any atom is 0.223 e. The summed E-state index contributed by atoms with van der Waals surface area (Å²) in [6.45, 7) is 3.50. The summed E-state index contributed by atoms with van der Waals surface area (Å²) in [6.07, 6.45) is 2.47. The van der Waals surface area contributed by atoms with Gasteiger partial charge in [-0.15, -0.1) is 11.8 Å². The molecule has 1 amide bonds. The smallest absolute Gasteiger partial charge is 0.223 e. The third-order valence-corrected chi connectivity index (χ3v) is 5.29. The van der Waals surface area contributed by atoms with E-state index in [4.69, 9.17) is 4.74 Å². The number of aromatic nitrogens is 1. The summed E-state index contributed by atoms with van der Waals surface area (Å²) in [5.41, 5.74) is 0.959. The fourth-order valence-electron chi connectivity index (χ4n) is 2.91. The summed E-state index contributed by atoms with van der Waals surface area (Å²) in [5, 5.41) is 0. The van der Waals surface area contributed by atoms with Gasteiger partial charge in [0.1, 0.15) is 6.10 Å². The number of carbonyl (C=O) groups excluding carboxylic acids is 1. The van der Waals surface area contributed by atoms with Gasteiger partial charge in [-0.05, 0) is 25.1 Å². The molecule has 0 saturated carbocycles. The molecule has 1 saturated heterocycles. The van der Waals surface area contributed by atoms with Crippen LogP contribution >= 0.6 is 11.8 Å². The normalized spacial score (nSPS) is 15.2. The Bertz CT molecular complexity index is 685. The van der Waals surface area contributed by atoms with Crippen LogP contribution in [0, 0.1) is 6.92 Å². The van der Waals surface area contributed by atoms with Crippen molar-refractivity contribution in [3.05, 3.63) is 54.2 Å². The number of carbonyl (C=O) groups is 1. The zero-order valence-corrected chi connectivity index (χ0v) is 15.4. The minimum atomic E-state index is 0.150. The number of amides is 1. The lowest BCUT2D eigenvalue weighted by Crippen LogP contribution is -2.42. The molecule has 0 aliphatic carbocycles. The average Bonchev–Trinajstić information content (AvgIpc) is 2.63. The number of hydrogen-bond acceptors (Lipinski definition) is 4. The molecular weight excluding hydrogens is 332 g/mol. The maximum absolute atomic E-state index is 12.4. The predicted molar refractivity (Wildman–Crippen MR) is 101 cm³/mol. The molecule has 5 heteroatoms. The Morgan fingerprint density at radius 3 is 2.64 bits per heavy atom. The zero-order chi connectivity index (χ0) is 17.5. The molecule has 4 nitrogen and oxygen atoms in total. The Morgan fingerprint density at radius 2 is 1.92 bits per heavy atom. The molecule has 132 valence electrons. The Morgan fingerprint density at radius 1 is 1.16 bits per heavy atom. The highest BCUT2D eigenvalue weighted by atomic mass is 32.2. The highest BCUT2D eigenvalue weighted by Gasteiger charge is 2.23. The Labute approximate surface area is 153 Å². The summed E-state index contributed by atoms with van der Waals surface area (Å²) in [6, 6.07) is 16.0. The second-order valence-electron chi connectivity index (χ2n) is 6.23. The third-order valence-electron chi connectivity index (χ3n) is 4.27. The van der Waals surface area contributed by atoms with Crippen molar-refractivity contribution in [1.29, 1.82) is 0 Å². The van der Waals surface area contributed by atoms with Gasteiger partial charge in [-0.2, -0.15) is 0 Å². The number of hydrogen-bond donors (Lipinski definition) is 0. The number of ether oxygens (including phenoxy) is 1. The molecule has 0 atom stereocenters. The summed E-state index contributed by atoms with van der Waals surface area (Å²) in [7, 11) is 0. The average molecular weight is 356 g/mol. The van der Waals surface area contributed by atoms with Crippen LogP contribution in [0.4, 0.5) is 0 Å². The quantitative estimate of drug-likeness (QED) is 0.735. The van der Waals surface area contributed by atoms with Gasteiger partial charge in [-0.1, -0.05) is 24.3 Å². The van der Waals surface area contributed by atoms with Gasteiger partial charge in [-0.25, -0.2) is 4.98 Å². The molecule has 0 spiro atoms. The van der Waals surface area contributed by atoms with Crippen LogP contribution in [0.25, 0.3) is 0 Å². The van der Waals surface area contributed by atoms with Crippen LogP contribution in [-0.4, -0.2) is 40.7 Å². The van der Waals surface area contributed by atoms with E-state index in [0.29, 0.717) is 12.3 Å². The molecule has 1 aromatic heterocycles. The molecule has 25 heavy (non-hydrogen) atoms. The minimum absolute atomic E-state index is 0.150. The van der Waals surface area contributed by atoms with Gasteiger partial charge >= 0.3 is 0 Å². The molecule has 2 aromatic rings. The van der Waals surface area contributed by atoms with E-state index >= 15 is 0 Å². The third kappa shape index (κ3) is 5.49. The van der Waals surface area contributed by atoms with Crippen LogP contribution < -0.4 is 4.74 Å². The van der Waals surface area contributed by atoms with E-state index < -0.39 is 0 Å². The monoisotopic (exact) mass is 356 g/mol. The Kier molecular flexibility index (Phi) is 6.34. The van der Waals surface area contributed by atoms with E-state index in [-0.39, 0.29) is 12.0 Å². The van der Waals surface area contributed by atoms with Gasteiger partial charge in [0, 0.05) is 54.8 Å². The second kappa shape index (κ2) is 8.90. The topological polar surface area (TPSA) is 42.4 Å². The molecule has 0 radical (unpaired) electrons. The van der Waals surface area contributed by atoms with Crippen LogP contribution in [0.5, 0.6) is 5.88 Å². The molecule has 0 unspecified atom stereocenters. The second-order valence-corrected chi connectivity index (χ2v) is 7.40. The first kappa shape index (κ1) is 17.8. The van der Waals surface area contributed by atoms with Crippen molar-refractivity contribution in [2.24, 2.45) is 0 Å². The van der Waals surface area contributed by atoms with Crippen LogP contribution in [-0.2, 0) is 4.79 Å². The predicted octanol–water partition coefficient (Wildman–Crippen LogP) is 3.94. The van der Waals surface area contributed by atoms with Gasteiger partial charge in [0.2, 0.25) is 11.8 Å². The van der Waals surface area contributed by atoms with Gasteiger partial charge in [0.15, 0.2) is 0 Å². The highest BCUT2D eigenvalue weighted by molar-refractivity contribution is 7.99. The summed E-state index contributed by atoms with van der Waals surface area (Å²) in [4.78, 5) is 19.9. The molecule has 1 aromatic carbocycles. The molecule has 0 bridgehead atoms. The van der Waals surface area contributed by atoms with Crippen molar-refractivity contribution in [2.75, 3.05) is 18.8 Å². The van der Waals surface area contributed by atoms with Crippen LogP contribution in [0.15, 0.2) is 53.4 Å². The largest absolute Gasteiger partial charge is 0.474 e. The van der Waals surface area contributed by atoms with Gasteiger partial charge in [0.05, 0.1) is 0 Å². The molecular formula is C20H24N2O2S. The molecule has 1 aliphatic rings. The van der Waals surface area contributed by atoms with E-state index in [1.54, 1.807) is 11.8 Å². The first-order chi connectivity index (χ1) is 12.2. The van der Waals surface area contributed by atoms with E-state index in [1.807, 2.05) is 48.2 Å². The van der Waals surface area contributed by atoms with Gasteiger partial charge < -0.3 is 9.64 Å². The molecule has 3 rings (SSSR count). The number of piperidine rings is 1. The lowest BCUT2D eigenvalue weighted by molar-refractivity contribution is -0.132. The van der Waals surface area contributed by atoms with Gasteiger partial charge in [0.25, 0.3) is 0 Å². The molecule has 1 aliphatic heterocycles. The van der Waals surface area contributed by atoms with E-state index in [0.717, 1.165) is 37.4 Å². The number of rotatable bonds is 6. The van der Waals surface area contributed by atoms with Crippen molar-refractivity contribution in [1.82, 2.24) is 9.88 Å². The maximum atomic E-state index is 12.4. The van der Waals surface area contributed by atoms with Crippen molar-refractivity contribution in [2.45, 2.75) is 37.2 Å². The highest BCUT2D eigenvalue weighted by Crippen LogP contribution is 2.20. The summed E-state index contributed by atoms with van der Waals surface area (Å²) >= 11 is 1.74. The number of thioether (sulfide) groups is 1. The lowest BCUT2D eigenvalue weighted by Gasteiger charge is -2.32. The number of aryl methyl sites for hydroxylation is 1. The van der Waals surface area contributed by atoms with Crippen molar-refractivity contribution in [3.8, 4) is 5.88 Å². The number of likely N-dealkylation sites (tertiary alicyclic amines) is 1. The molecule has 2 heterocycles. The lowest BCUT2D eigenvalue weighted by atomic mass is 10.1. The first-order valence-electron chi connectivity index (χ1n) is 8.76. The van der Waals surface area contributed by atoms with Crippen LogP contribution in [0.3, 0.4) is 0 Å². The standard InChI is InChI=1S/C20H24N2O2S/c1-16-6-5-9-19(21-16)24-17-10-13-22(14-11-17)20(23)12-15-25-18-7-3-2-4-8-18/h2-9,17H,10-15H2,1H3. The SMILES string of the molecule is Cc1cccc(OC2CCN(C(=O)CCSc3ccccc3)CC2)n1. The fraction of sp³-hybridized carbons (Fsp3) is 0.400. The van der Waals surface area contributed by atoms with Gasteiger partial charge in [-0.3, -0.25) is 4.79 Å². The van der Waals surface area contributed by atoms with Crippen molar-refractivity contribution >= 4 is 17.7 Å². The Hall–Kier alpha value is -2.01. The van der Waals surface area contributed by atoms with E-state index in [1.165, 1.54) is 4.90 Å². The zero-order valence-electron chi connectivity index (χ0n) is 14.6. The fourth-order valence-corrected chi connectivity index (χ4v) is 3.77. The summed E-state index contributed by atoms with van der Waals surface area (Å²) < 4.78 is 5.95. The minimum Gasteiger partial charge on any atom is -0.474 e. The van der Waals surface area contributed by atoms with Crippen LogP contribution in [0.2, 0.25) is 0 Å². The van der Waals surface area contributed by atoms with Crippen LogP contribution in [0.1, 0.15) is 25.0 Å². The number of benzene rings is 1. The summed E-state index contributed by atoms with van der Waals surface area (Å²) in [5.74, 6) is 1.76. The molecule has 0 N–H and O–H groups in total. The van der Waals surface area contributed by atoms with E-state index in [2.05, 4.69) is 17.1 Å². The number of pyridine rings is 1. The van der Waals surface area contributed by atoms with E-state index in [9.17, 15) is 4.79 Å². The van der Waals surface area contributed by atoms with Crippen molar-refractivity contribution in [3.63, 3.8) is 0 Å². The number of nitrogens with zero attached hydrogens (tertiary/aromatic N) is 2. The Balaban J connectivity index is 1.38. The van der Waals surface area contributed by atoms with Crippen molar-refractivity contribution < 1.29 is 9.53 Å².